The molecule has 0 aliphatic heterocycles. The van der Waals surface area contributed by atoms with Gasteiger partial charge in [-0.1, -0.05) is 6.92 Å². The average Bonchev–Trinajstić information content (AvgIpc) is 2.68. The van der Waals surface area contributed by atoms with Gasteiger partial charge in [-0.25, -0.2) is 9.97 Å². The number of aryl methyl sites for hydroxylation is 2. The smallest absolute Gasteiger partial charge is 0.138 e. The first kappa shape index (κ1) is 11.8. The molecular weight excluding hydrogens is 238 g/mol. The highest BCUT2D eigenvalue weighted by Crippen LogP contribution is 2.29. The molecule has 0 radical (unpaired) electrons. The summed E-state index contributed by atoms with van der Waals surface area (Å²) in [6.45, 7) is 3.61. The van der Waals surface area contributed by atoms with Crippen molar-refractivity contribution >= 4 is 33.3 Å². The van der Waals surface area contributed by atoms with Crippen LogP contribution in [0, 0.1) is 6.92 Å². The number of carboxylic acids is 1. The minimum Gasteiger partial charge on any atom is -0.548 e. The Morgan fingerprint density at radius 3 is 2.94 bits per heavy atom. The van der Waals surface area contributed by atoms with Crippen LogP contribution < -0.4 is 10.4 Å². The van der Waals surface area contributed by atoms with Crippen LogP contribution in [0.25, 0.3) is 10.2 Å². The first-order valence-electron chi connectivity index (χ1n) is 5.31. The van der Waals surface area contributed by atoms with Gasteiger partial charge in [-0.15, -0.1) is 11.3 Å². The number of carbonyl (C=O) groups excluding carboxylic acids is 1. The fourth-order valence-corrected chi connectivity index (χ4v) is 2.56. The summed E-state index contributed by atoms with van der Waals surface area (Å²) >= 11 is 1.61. The van der Waals surface area contributed by atoms with E-state index in [4.69, 9.17) is 0 Å². The van der Waals surface area contributed by atoms with Crippen LogP contribution in [0.4, 0.5) is 5.82 Å². The second kappa shape index (κ2) is 4.67. The number of carbonyl (C=O) groups is 1. The molecule has 1 N–H and O–H groups in total. The Labute approximate surface area is 103 Å². The largest absolute Gasteiger partial charge is 0.548 e. The summed E-state index contributed by atoms with van der Waals surface area (Å²) in [5.41, 5.74) is 0. The van der Waals surface area contributed by atoms with Crippen molar-refractivity contribution in [1.29, 1.82) is 0 Å². The number of thiophene rings is 1. The lowest BCUT2D eigenvalue weighted by Gasteiger charge is -2.07. The molecule has 0 atom stereocenters. The van der Waals surface area contributed by atoms with Crippen LogP contribution in [0.3, 0.4) is 0 Å². The zero-order chi connectivity index (χ0) is 12.4. The molecular formula is C11H12N3O2S-. The Morgan fingerprint density at radius 2 is 2.29 bits per heavy atom. The summed E-state index contributed by atoms with van der Waals surface area (Å²) in [6, 6.07) is 2.00. The summed E-state index contributed by atoms with van der Waals surface area (Å²) in [7, 11) is 0. The third-order valence-electron chi connectivity index (χ3n) is 2.30. The predicted octanol–water partition coefficient (Wildman–Crippen LogP) is 0.724. The van der Waals surface area contributed by atoms with Gasteiger partial charge in [0.05, 0.1) is 17.9 Å². The first-order chi connectivity index (χ1) is 8.10. The minimum absolute atomic E-state index is 0.247. The van der Waals surface area contributed by atoms with E-state index in [0.29, 0.717) is 11.6 Å². The molecule has 2 rings (SSSR count). The number of aliphatic carboxylic acids is 1. The molecule has 0 saturated carbocycles. The standard InChI is InChI=1S/C11H13N3O2S/c1-3-7-4-8-10(12-5-9(15)16)13-6(2)14-11(8)17-7/h4H,3,5H2,1-2H3,(H,15,16)(H,12,13,14)/p-1. The summed E-state index contributed by atoms with van der Waals surface area (Å²) in [4.78, 5) is 21.1. The molecule has 0 bridgehead atoms. The molecule has 90 valence electrons. The van der Waals surface area contributed by atoms with E-state index in [0.717, 1.165) is 16.6 Å². The van der Waals surface area contributed by atoms with E-state index < -0.39 is 5.97 Å². The van der Waals surface area contributed by atoms with E-state index in [1.54, 1.807) is 18.3 Å². The molecule has 0 unspecified atom stereocenters. The average molecular weight is 250 g/mol. The highest BCUT2D eigenvalue weighted by Gasteiger charge is 2.09. The van der Waals surface area contributed by atoms with Crippen LogP contribution in [0.1, 0.15) is 17.6 Å². The molecule has 5 nitrogen and oxygen atoms in total. The molecule has 2 aromatic rings. The maximum Gasteiger partial charge on any atom is 0.138 e. The maximum atomic E-state index is 10.4. The molecule has 0 fully saturated rings. The zero-order valence-corrected chi connectivity index (χ0v) is 10.4. The van der Waals surface area contributed by atoms with Crippen molar-refractivity contribution in [2.75, 3.05) is 11.9 Å². The monoisotopic (exact) mass is 250 g/mol. The first-order valence-corrected chi connectivity index (χ1v) is 6.12. The number of fused-ring (bicyclic) bond motifs is 1. The van der Waals surface area contributed by atoms with Gasteiger partial charge in [0.2, 0.25) is 0 Å². The molecule has 0 aliphatic carbocycles. The second-order valence-corrected chi connectivity index (χ2v) is 4.75. The second-order valence-electron chi connectivity index (χ2n) is 3.63. The minimum atomic E-state index is -1.15. The SMILES string of the molecule is CCc1cc2c(NCC(=O)[O-])nc(C)nc2s1. The van der Waals surface area contributed by atoms with Crippen molar-refractivity contribution in [1.82, 2.24) is 9.97 Å². The van der Waals surface area contributed by atoms with Gasteiger partial charge < -0.3 is 15.2 Å². The van der Waals surface area contributed by atoms with Crippen molar-refractivity contribution in [3.63, 3.8) is 0 Å². The van der Waals surface area contributed by atoms with E-state index >= 15 is 0 Å². The Hall–Kier alpha value is -1.69. The summed E-state index contributed by atoms with van der Waals surface area (Å²) in [6.07, 6.45) is 0.931. The molecule has 0 saturated heterocycles. The van der Waals surface area contributed by atoms with Crippen LogP contribution in [-0.4, -0.2) is 22.5 Å². The Kier molecular flexibility index (Phi) is 3.23. The van der Waals surface area contributed by atoms with E-state index in [1.165, 1.54) is 4.88 Å². The lowest BCUT2D eigenvalue weighted by atomic mass is 10.3. The summed E-state index contributed by atoms with van der Waals surface area (Å²) < 4.78 is 0. The van der Waals surface area contributed by atoms with E-state index in [1.807, 2.05) is 6.07 Å². The fourth-order valence-electron chi connectivity index (χ4n) is 1.54. The molecule has 6 heteroatoms. The highest BCUT2D eigenvalue weighted by molar-refractivity contribution is 7.18. The molecule has 0 amide bonds. The molecule has 0 spiro atoms. The number of rotatable bonds is 4. The Bertz CT molecular complexity index is 565. The zero-order valence-electron chi connectivity index (χ0n) is 9.61. The number of anilines is 1. The quantitative estimate of drug-likeness (QED) is 0.865. The molecule has 0 aromatic carbocycles. The van der Waals surface area contributed by atoms with Gasteiger partial charge in [0.25, 0.3) is 0 Å². The van der Waals surface area contributed by atoms with Crippen LogP contribution in [0.5, 0.6) is 0 Å². The van der Waals surface area contributed by atoms with Gasteiger partial charge in [-0.05, 0) is 19.4 Å². The van der Waals surface area contributed by atoms with Gasteiger partial charge in [0.15, 0.2) is 0 Å². The highest BCUT2D eigenvalue weighted by atomic mass is 32.1. The lowest BCUT2D eigenvalue weighted by Crippen LogP contribution is -2.30. The van der Waals surface area contributed by atoms with Gasteiger partial charge in [-0.3, -0.25) is 0 Å². The number of carboxylic acid groups (broad SMARTS) is 1. The Balaban J connectivity index is 2.44. The summed E-state index contributed by atoms with van der Waals surface area (Å²) in [5.74, 6) is 0.0378. The fraction of sp³-hybridized carbons (Fsp3) is 0.364. The van der Waals surface area contributed by atoms with Crippen molar-refractivity contribution < 1.29 is 9.90 Å². The number of nitrogens with zero attached hydrogens (tertiary/aromatic N) is 2. The van der Waals surface area contributed by atoms with Crippen molar-refractivity contribution in [3.05, 3.63) is 16.8 Å². The van der Waals surface area contributed by atoms with Crippen molar-refractivity contribution in [2.24, 2.45) is 0 Å². The van der Waals surface area contributed by atoms with Crippen LogP contribution in [-0.2, 0) is 11.2 Å². The molecule has 17 heavy (non-hydrogen) atoms. The molecule has 0 aliphatic rings. The lowest BCUT2D eigenvalue weighted by molar-refractivity contribution is -0.302. The van der Waals surface area contributed by atoms with Gasteiger partial charge >= 0.3 is 0 Å². The van der Waals surface area contributed by atoms with E-state index in [2.05, 4.69) is 22.2 Å². The Morgan fingerprint density at radius 1 is 1.53 bits per heavy atom. The number of hydrogen-bond donors (Lipinski definition) is 1. The number of nitrogens with one attached hydrogen (secondary N) is 1. The maximum absolute atomic E-state index is 10.4. The van der Waals surface area contributed by atoms with Crippen LogP contribution in [0.15, 0.2) is 6.07 Å². The number of hydrogen-bond acceptors (Lipinski definition) is 6. The molecule has 2 heterocycles. The van der Waals surface area contributed by atoms with Gasteiger partial charge in [-0.2, -0.15) is 0 Å². The van der Waals surface area contributed by atoms with E-state index in [9.17, 15) is 9.90 Å². The van der Waals surface area contributed by atoms with Crippen LogP contribution >= 0.6 is 11.3 Å². The van der Waals surface area contributed by atoms with E-state index in [-0.39, 0.29) is 6.54 Å². The van der Waals surface area contributed by atoms with Gasteiger partial charge in [0.1, 0.15) is 16.5 Å². The van der Waals surface area contributed by atoms with Gasteiger partial charge in [0, 0.05) is 4.88 Å². The summed E-state index contributed by atoms with van der Waals surface area (Å²) in [5, 5.41) is 14.1. The molecule has 2 aromatic heterocycles. The predicted molar refractivity (Wildman–Crippen MR) is 65.0 cm³/mol. The number of aromatic nitrogens is 2. The van der Waals surface area contributed by atoms with Crippen LogP contribution in [0.2, 0.25) is 0 Å². The third-order valence-corrected chi connectivity index (χ3v) is 3.48. The van der Waals surface area contributed by atoms with Crippen molar-refractivity contribution in [3.8, 4) is 0 Å². The normalized spacial score (nSPS) is 10.7. The van der Waals surface area contributed by atoms with Crippen molar-refractivity contribution in [2.45, 2.75) is 20.3 Å². The topological polar surface area (TPSA) is 77.9 Å². The third kappa shape index (κ3) is 2.52.